The summed E-state index contributed by atoms with van der Waals surface area (Å²) < 4.78 is 24.9. The van der Waals surface area contributed by atoms with E-state index in [-0.39, 0.29) is 16.8 Å². The maximum absolute atomic E-state index is 12.3. The van der Waals surface area contributed by atoms with Crippen molar-refractivity contribution in [2.75, 3.05) is 25.1 Å². The van der Waals surface area contributed by atoms with Crippen LogP contribution in [0.1, 0.15) is 31.9 Å². The molecule has 3 aliphatic rings. The molecule has 2 aromatic heterocycles. The van der Waals surface area contributed by atoms with Gasteiger partial charge in [-0.25, -0.2) is 10.2 Å². The van der Waals surface area contributed by atoms with Gasteiger partial charge in [-0.05, 0) is 30.4 Å². The highest BCUT2D eigenvalue weighted by atomic mass is 35.5. The Morgan fingerprint density at radius 2 is 2.08 bits per heavy atom. The quantitative estimate of drug-likeness (QED) is 0.109. The minimum Gasteiger partial charge on any atom is -0.393 e. The van der Waals surface area contributed by atoms with Crippen molar-refractivity contribution in [2.24, 2.45) is 11.0 Å². The van der Waals surface area contributed by atoms with Crippen LogP contribution >= 0.6 is 19.2 Å². The first-order chi connectivity index (χ1) is 18.1. The summed E-state index contributed by atoms with van der Waals surface area (Å²) in [5, 5.41) is 40.7. The van der Waals surface area contributed by atoms with Gasteiger partial charge in [-0.3, -0.25) is 9.99 Å². The number of rotatable bonds is 11. The van der Waals surface area contributed by atoms with Crippen molar-refractivity contribution in [1.29, 1.82) is 0 Å². The van der Waals surface area contributed by atoms with Gasteiger partial charge >= 0.3 is 7.60 Å². The number of halogens is 1. The van der Waals surface area contributed by atoms with Crippen molar-refractivity contribution < 1.29 is 39.1 Å². The third-order valence-corrected chi connectivity index (χ3v) is 8.64. The molecule has 9 N–H and O–H groups in total. The van der Waals surface area contributed by atoms with Crippen LogP contribution in [0.15, 0.2) is 11.3 Å². The molecule has 0 bridgehead atoms. The van der Waals surface area contributed by atoms with Gasteiger partial charge < -0.3 is 39.9 Å². The summed E-state index contributed by atoms with van der Waals surface area (Å²) in [7, 11) is -5.07. The maximum atomic E-state index is 12.3. The number of ether oxygens (including phenoxy) is 2. The fourth-order valence-electron chi connectivity index (χ4n) is 4.46. The largest absolute Gasteiger partial charge is 0.393 e. The van der Waals surface area contributed by atoms with E-state index >= 15 is 0 Å². The topological polar surface area (TPSA) is 241 Å². The Hall–Kier alpha value is -2.18. The zero-order valence-electron chi connectivity index (χ0n) is 19.9. The summed E-state index contributed by atoms with van der Waals surface area (Å²) in [6, 6.07) is 0. The monoisotopic (exact) mass is 577 g/mol. The van der Waals surface area contributed by atoms with E-state index in [1.54, 1.807) is 0 Å². The predicted octanol–water partition coefficient (Wildman–Crippen LogP) is -1.49. The van der Waals surface area contributed by atoms with Crippen molar-refractivity contribution in [1.82, 2.24) is 36.2 Å². The van der Waals surface area contributed by atoms with Crippen molar-refractivity contribution in [3.8, 4) is 0 Å². The first kappa shape index (κ1) is 27.4. The number of hydrogen-bond acceptors (Lipinski definition) is 14. The molecule has 0 amide bonds. The summed E-state index contributed by atoms with van der Waals surface area (Å²) in [5.74, 6) is 1.09. The van der Waals surface area contributed by atoms with Gasteiger partial charge in [-0.2, -0.15) is 15.1 Å². The minimum atomic E-state index is -5.07. The average Bonchev–Trinajstić information content (AvgIpc) is 3.56. The Labute approximate surface area is 220 Å². The Balaban J connectivity index is 1.33. The molecule has 4 heterocycles. The zero-order valence-corrected chi connectivity index (χ0v) is 21.6. The van der Waals surface area contributed by atoms with E-state index in [0.29, 0.717) is 23.7 Å². The molecule has 1 saturated carbocycles. The Kier molecular flexibility index (Phi) is 7.76. The number of fused-ring (bicyclic) bond motifs is 1. The van der Waals surface area contributed by atoms with E-state index in [4.69, 9.17) is 21.1 Å². The second-order valence-corrected chi connectivity index (χ2v) is 11.7. The lowest BCUT2D eigenvalue weighted by molar-refractivity contribution is -0.107. The number of aromatic nitrogens is 4. The lowest BCUT2D eigenvalue weighted by Gasteiger charge is -2.33. The normalized spacial score (nSPS) is 27.5. The lowest BCUT2D eigenvalue weighted by Crippen LogP contribution is -2.45. The van der Waals surface area contributed by atoms with Crippen molar-refractivity contribution in [2.45, 2.75) is 55.6 Å². The molecule has 17 nitrogen and oxygen atoms in total. The van der Waals surface area contributed by atoms with Gasteiger partial charge in [0.2, 0.25) is 5.28 Å². The van der Waals surface area contributed by atoms with E-state index < -0.39 is 57.1 Å². The molecular weight excluding hydrogens is 549 g/mol. The molecule has 0 aromatic carbocycles. The van der Waals surface area contributed by atoms with E-state index in [1.165, 1.54) is 17.3 Å². The van der Waals surface area contributed by atoms with Crippen LogP contribution in [0.3, 0.4) is 0 Å². The van der Waals surface area contributed by atoms with Crippen LogP contribution in [0.5, 0.6) is 0 Å². The van der Waals surface area contributed by atoms with Gasteiger partial charge in [0.1, 0.15) is 30.0 Å². The van der Waals surface area contributed by atoms with Crippen LogP contribution in [0.25, 0.3) is 11.0 Å². The standard InChI is InChI=1S/C19H29ClN9O8P/c20-18-23-15(21-5-9-2-1-3-9)10-6-22-29(16(10)24-18)17-14(32)13(31)11(37-17)7-36-19(8-30,38(33,34)35)4-12-25-27-28-26-12/h6,9,11,13-14,17,27-28,30-32H,1-5,7-8H2,(H,25,26)(H,21,23,24)(H2,33,34,35)/t11-,13-,14-,17-,19+/m1/s1. The van der Waals surface area contributed by atoms with Gasteiger partial charge in [0, 0.05) is 6.54 Å². The van der Waals surface area contributed by atoms with E-state index in [9.17, 15) is 29.7 Å². The first-order valence-electron chi connectivity index (χ1n) is 11.9. The molecule has 5 rings (SSSR count). The Bertz CT molecular complexity index is 1240. The van der Waals surface area contributed by atoms with Crippen molar-refractivity contribution in [3.63, 3.8) is 0 Å². The molecular formula is C19H29ClN9O8P. The fourth-order valence-corrected chi connectivity index (χ4v) is 5.41. The number of anilines is 1. The van der Waals surface area contributed by atoms with Crippen molar-refractivity contribution >= 4 is 41.9 Å². The van der Waals surface area contributed by atoms with Crippen molar-refractivity contribution in [3.05, 3.63) is 11.5 Å². The minimum absolute atomic E-state index is 0.0509. The Morgan fingerprint density at radius 1 is 1.29 bits per heavy atom. The number of nitrogens with one attached hydrogen (secondary N) is 4. The summed E-state index contributed by atoms with van der Waals surface area (Å²) in [6.45, 7) is -0.936. The molecule has 210 valence electrons. The lowest BCUT2D eigenvalue weighted by atomic mass is 9.85. The highest BCUT2D eigenvalue weighted by molar-refractivity contribution is 7.53. The molecule has 1 aliphatic carbocycles. The highest BCUT2D eigenvalue weighted by Crippen LogP contribution is 2.53. The first-order valence-corrected chi connectivity index (χ1v) is 13.9. The molecule has 0 radical (unpaired) electrons. The number of hydrazone groups is 1. The predicted molar refractivity (Wildman–Crippen MR) is 131 cm³/mol. The molecule has 2 fully saturated rings. The second-order valence-electron chi connectivity index (χ2n) is 9.45. The zero-order chi connectivity index (χ0) is 27.1. The van der Waals surface area contributed by atoms with Gasteiger partial charge in [0.05, 0.1) is 31.2 Å². The third-order valence-electron chi connectivity index (χ3n) is 6.98. The highest BCUT2D eigenvalue weighted by Gasteiger charge is 2.52. The molecule has 38 heavy (non-hydrogen) atoms. The van der Waals surface area contributed by atoms with Gasteiger partial charge in [-0.15, -0.1) is 10.6 Å². The molecule has 5 atom stereocenters. The van der Waals surface area contributed by atoms with Gasteiger partial charge in [0.15, 0.2) is 17.2 Å². The number of nitrogens with zero attached hydrogens (tertiary/aromatic N) is 5. The summed E-state index contributed by atoms with van der Waals surface area (Å²) >= 11 is 6.15. The fraction of sp³-hybridized carbons (Fsp3) is 0.684. The molecule has 19 heteroatoms. The second kappa shape index (κ2) is 10.8. The van der Waals surface area contributed by atoms with Crippen LogP contribution in [-0.4, -0.2) is 94.1 Å². The summed E-state index contributed by atoms with van der Waals surface area (Å²) in [6.07, 6.45) is -1.04. The number of hydrazine groups is 2. The molecule has 0 spiro atoms. The Morgan fingerprint density at radius 3 is 2.71 bits per heavy atom. The molecule has 2 aliphatic heterocycles. The maximum Gasteiger partial charge on any atom is 0.359 e. The number of aliphatic hydroxyl groups excluding tert-OH is 3. The SMILES string of the molecule is O=P(O)(O)[C@](CO)(CC1=NNNN1)OC[C@H]1O[C@@H](n2ncc3c(NCC4CCC4)nc(Cl)nc32)[C@H](O)[C@@H]1O. The molecule has 1 saturated heterocycles. The number of amidine groups is 1. The van der Waals surface area contributed by atoms with Gasteiger partial charge in [0.25, 0.3) is 0 Å². The average molecular weight is 578 g/mol. The van der Waals surface area contributed by atoms with Crippen LogP contribution in [0.2, 0.25) is 5.28 Å². The van der Waals surface area contributed by atoms with Crippen LogP contribution < -0.4 is 21.8 Å². The van der Waals surface area contributed by atoms with Crippen LogP contribution in [-0.2, 0) is 14.0 Å². The van der Waals surface area contributed by atoms with E-state index in [0.717, 1.165) is 12.8 Å². The van der Waals surface area contributed by atoms with Gasteiger partial charge in [-0.1, -0.05) is 6.42 Å². The van der Waals surface area contributed by atoms with Crippen LogP contribution in [0.4, 0.5) is 5.82 Å². The van der Waals surface area contributed by atoms with E-state index in [2.05, 4.69) is 42.0 Å². The third kappa shape index (κ3) is 5.19. The molecule has 0 unspecified atom stereocenters. The van der Waals surface area contributed by atoms with Crippen LogP contribution in [0, 0.1) is 5.92 Å². The smallest absolute Gasteiger partial charge is 0.359 e. The molecule has 2 aromatic rings. The number of aliphatic hydroxyl groups is 3. The summed E-state index contributed by atoms with van der Waals surface area (Å²) in [5.41, 5.74) is 7.55. The summed E-state index contributed by atoms with van der Waals surface area (Å²) in [4.78, 5) is 28.4. The van der Waals surface area contributed by atoms with E-state index in [1.807, 2.05) is 0 Å². The number of hydrogen-bond donors (Lipinski definition) is 9.